The Kier molecular flexibility index (Phi) is 6.72. The number of rotatable bonds is 3. The molecule has 1 saturated heterocycles. The van der Waals surface area contributed by atoms with E-state index in [0.29, 0.717) is 11.3 Å². The lowest BCUT2D eigenvalue weighted by Gasteiger charge is -2.08. The number of aromatic nitrogens is 1. The van der Waals surface area contributed by atoms with E-state index in [2.05, 4.69) is 10.6 Å². The molecule has 2 aromatic carbocycles. The van der Waals surface area contributed by atoms with Crippen LogP contribution in [-0.4, -0.2) is 45.7 Å². The summed E-state index contributed by atoms with van der Waals surface area (Å²) in [5.74, 6) is 0.627. The van der Waals surface area contributed by atoms with E-state index in [9.17, 15) is 8.42 Å². The molecule has 4 rings (SSSR count). The molecule has 0 aliphatic carbocycles. The molecule has 1 aliphatic rings. The van der Waals surface area contributed by atoms with E-state index in [1.54, 1.807) is 37.6 Å². The van der Waals surface area contributed by atoms with Crippen LogP contribution in [0.2, 0.25) is 0 Å². The van der Waals surface area contributed by atoms with Gasteiger partial charge in [0, 0.05) is 24.7 Å². The zero-order valence-electron chi connectivity index (χ0n) is 16.3. The highest BCUT2D eigenvalue weighted by molar-refractivity contribution is 7.90. The first-order valence-corrected chi connectivity index (χ1v) is 10.9. The van der Waals surface area contributed by atoms with Crippen molar-refractivity contribution >= 4 is 20.9 Å². The second kappa shape index (κ2) is 9.23. The molecule has 0 radical (unpaired) electrons. The van der Waals surface area contributed by atoms with E-state index in [-0.39, 0.29) is 4.90 Å². The van der Waals surface area contributed by atoms with E-state index in [0.717, 1.165) is 24.0 Å². The molecule has 3 aromatic rings. The third-order valence-electron chi connectivity index (χ3n) is 4.68. The maximum atomic E-state index is 12.8. The first-order chi connectivity index (χ1) is 13.5. The second-order valence-electron chi connectivity index (χ2n) is 6.66. The number of fused-ring (bicyclic) bond motifs is 1. The van der Waals surface area contributed by atoms with Gasteiger partial charge in [0.2, 0.25) is 0 Å². The van der Waals surface area contributed by atoms with Gasteiger partial charge in [-0.25, -0.2) is 12.4 Å². The molecule has 2 N–H and O–H groups in total. The van der Waals surface area contributed by atoms with Crippen LogP contribution in [0.1, 0.15) is 12.0 Å². The molecule has 28 heavy (non-hydrogen) atoms. The van der Waals surface area contributed by atoms with E-state index >= 15 is 0 Å². The number of para-hydroxylation sites is 1. The fourth-order valence-corrected chi connectivity index (χ4v) is 4.56. The molecule has 0 unspecified atom stereocenters. The highest BCUT2D eigenvalue weighted by Crippen LogP contribution is 2.26. The van der Waals surface area contributed by atoms with Crippen molar-refractivity contribution in [1.82, 2.24) is 14.6 Å². The largest absolute Gasteiger partial charge is 0.497 e. The average molecular weight is 402 g/mol. The van der Waals surface area contributed by atoms with Crippen molar-refractivity contribution in [3.05, 3.63) is 60.3 Å². The fourth-order valence-electron chi connectivity index (χ4n) is 3.14. The molecule has 6 nitrogen and oxygen atoms in total. The zero-order chi connectivity index (χ0) is 20.0. The van der Waals surface area contributed by atoms with E-state index < -0.39 is 10.0 Å². The van der Waals surface area contributed by atoms with Gasteiger partial charge in [0.1, 0.15) is 5.75 Å². The number of hydrogen-bond donors (Lipinski definition) is 2. The number of methoxy groups -OCH3 is 1. The van der Waals surface area contributed by atoms with Crippen molar-refractivity contribution in [2.24, 2.45) is 0 Å². The van der Waals surface area contributed by atoms with Crippen LogP contribution < -0.4 is 15.4 Å². The van der Waals surface area contributed by atoms with Crippen LogP contribution in [0.15, 0.2) is 59.6 Å². The summed E-state index contributed by atoms with van der Waals surface area (Å²) in [6.45, 7) is 6.56. The summed E-state index contributed by atoms with van der Waals surface area (Å²) < 4.78 is 32.0. The Morgan fingerprint density at radius 2 is 1.57 bits per heavy atom. The quantitative estimate of drug-likeness (QED) is 0.706. The third kappa shape index (κ3) is 4.55. The SMILES string of the molecule is C1CNCCNC1.COc1ccc(S(=O)(=O)n2cc(C)c3ccccc32)cc1. The van der Waals surface area contributed by atoms with Crippen LogP contribution in [0.5, 0.6) is 5.75 Å². The minimum absolute atomic E-state index is 0.240. The molecule has 0 amide bonds. The van der Waals surface area contributed by atoms with Gasteiger partial charge in [0.05, 0.1) is 17.5 Å². The van der Waals surface area contributed by atoms with E-state index in [1.807, 2.05) is 31.2 Å². The minimum Gasteiger partial charge on any atom is -0.497 e. The van der Waals surface area contributed by atoms with Gasteiger partial charge in [0.15, 0.2) is 0 Å². The minimum atomic E-state index is -3.61. The van der Waals surface area contributed by atoms with Crippen molar-refractivity contribution in [2.75, 3.05) is 33.3 Å². The molecule has 1 fully saturated rings. The van der Waals surface area contributed by atoms with Gasteiger partial charge >= 0.3 is 0 Å². The van der Waals surface area contributed by atoms with Crippen molar-refractivity contribution in [2.45, 2.75) is 18.2 Å². The zero-order valence-corrected chi connectivity index (χ0v) is 17.1. The van der Waals surface area contributed by atoms with Gasteiger partial charge < -0.3 is 15.4 Å². The first-order valence-electron chi connectivity index (χ1n) is 9.42. The van der Waals surface area contributed by atoms with Crippen LogP contribution in [0.4, 0.5) is 0 Å². The molecule has 0 saturated carbocycles. The molecule has 7 heteroatoms. The van der Waals surface area contributed by atoms with Gasteiger partial charge in [0.25, 0.3) is 10.0 Å². The van der Waals surface area contributed by atoms with Crippen LogP contribution in [0.3, 0.4) is 0 Å². The Hall–Kier alpha value is -2.35. The standard InChI is InChI=1S/C16H15NO3S.C5H12N2/c1-12-11-17(16-6-4-3-5-15(12)16)21(18,19)14-9-7-13(20-2)8-10-14;1-2-6-4-5-7-3-1/h3-11H,1-2H3;6-7H,1-5H2. The van der Waals surface area contributed by atoms with E-state index in [4.69, 9.17) is 4.74 Å². The van der Waals surface area contributed by atoms with Crippen LogP contribution >= 0.6 is 0 Å². The topological polar surface area (TPSA) is 72.4 Å². The van der Waals surface area contributed by atoms with Gasteiger partial charge in [-0.15, -0.1) is 0 Å². The second-order valence-corrected chi connectivity index (χ2v) is 8.47. The number of benzene rings is 2. The van der Waals surface area contributed by atoms with Gasteiger partial charge in [-0.2, -0.15) is 0 Å². The molecule has 1 aromatic heterocycles. The predicted molar refractivity (Wildman–Crippen MR) is 113 cm³/mol. The lowest BCUT2D eigenvalue weighted by Crippen LogP contribution is -2.21. The van der Waals surface area contributed by atoms with Crippen molar-refractivity contribution < 1.29 is 13.2 Å². The van der Waals surface area contributed by atoms with Crippen molar-refractivity contribution in [3.63, 3.8) is 0 Å². The number of ether oxygens (including phenoxy) is 1. The summed E-state index contributed by atoms with van der Waals surface area (Å²) >= 11 is 0. The Balaban J connectivity index is 0.000000271. The van der Waals surface area contributed by atoms with E-state index in [1.165, 1.54) is 23.5 Å². The smallest absolute Gasteiger partial charge is 0.268 e. The highest BCUT2D eigenvalue weighted by Gasteiger charge is 2.20. The molecular formula is C21H27N3O3S. The summed E-state index contributed by atoms with van der Waals surface area (Å²) in [7, 11) is -2.06. The van der Waals surface area contributed by atoms with Crippen LogP contribution in [0, 0.1) is 6.92 Å². The summed E-state index contributed by atoms with van der Waals surface area (Å²) in [5, 5.41) is 7.51. The summed E-state index contributed by atoms with van der Waals surface area (Å²) in [6.07, 6.45) is 2.93. The Labute approximate surface area is 166 Å². The Morgan fingerprint density at radius 3 is 2.21 bits per heavy atom. The van der Waals surface area contributed by atoms with Crippen molar-refractivity contribution in [1.29, 1.82) is 0 Å². The van der Waals surface area contributed by atoms with Crippen LogP contribution in [0.25, 0.3) is 10.9 Å². The van der Waals surface area contributed by atoms with Crippen molar-refractivity contribution in [3.8, 4) is 5.75 Å². The maximum Gasteiger partial charge on any atom is 0.268 e. The Bertz CT molecular complexity index is 991. The molecule has 0 bridgehead atoms. The van der Waals surface area contributed by atoms with Gasteiger partial charge in [-0.1, -0.05) is 18.2 Å². The molecule has 0 atom stereocenters. The Morgan fingerprint density at radius 1 is 0.929 bits per heavy atom. The lowest BCUT2D eigenvalue weighted by molar-refractivity contribution is 0.414. The highest BCUT2D eigenvalue weighted by atomic mass is 32.2. The summed E-state index contributed by atoms with van der Waals surface area (Å²) in [4.78, 5) is 0.240. The molecule has 2 heterocycles. The number of hydrogen-bond acceptors (Lipinski definition) is 5. The summed E-state index contributed by atoms with van der Waals surface area (Å²) in [6, 6.07) is 13.9. The third-order valence-corrected chi connectivity index (χ3v) is 6.37. The number of nitrogens with one attached hydrogen (secondary N) is 2. The predicted octanol–water partition coefficient (Wildman–Crippen LogP) is 2.76. The van der Waals surface area contributed by atoms with Gasteiger partial charge in [-0.3, -0.25) is 0 Å². The first kappa shape index (κ1) is 20.4. The molecule has 150 valence electrons. The monoisotopic (exact) mass is 401 g/mol. The number of nitrogens with zero attached hydrogens (tertiary/aromatic N) is 1. The average Bonchev–Trinajstić information content (AvgIpc) is 2.91. The summed E-state index contributed by atoms with van der Waals surface area (Å²) in [5.41, 5.74) is 1.62. The maximum absolute atomic E-state index is 12.8. The number of aryl methyl sites for hydroxylation is 1. The molecular weight excluding hydrogens is 374 g/mol. The van der Waals surface area contributed by atoms with Gasteiger partial charge in [-0.05, 0) is 62.3 Å². The molecule has 1 aliphatic heterocycles. The van der Waals surface area contributed by atoms with Crippen LogP contribution in [-0.2, 0) is 10.0 Å². The fraction of sp³-hybridized carbons (Fsp3) is 0.333. The molecule has 0 spiro atoms. The normalized spacial score (nSPS) is 14.8. The lowest BCUT2D eigenvalue weighted by atomic mass is 10.2.